The molecule has 0 aromatic carbocycles. The number of hydrogen-bond donors (Lipinski definition) is 3. The van der Waals surface area contributed by atoms with Gasteiger partial charge in [-0.15, -0.1) is 0 Å². The maximum Gasteiger partial charge on any atom is 0.305 e. The molecule has 0 saturated carbocycles. The number of hydrogen-bond acceptors (Lipinski definition) is 5. The normalized spacial score (nSPS) is 12.7. The van der Waals surface area contributed by atoms with E-state index >= 15 is 0 Å². The fraction of sp³-hybridized carbons (Fsp3) is 0.902. The molecule has 0 aliphatic heterocycles. The van der Waals surface area contributed by atoms with E-state index in [2.05, 4.69) is 43.5 Å². The second-order valence-corrected chi connectivity index (χ2v) is 20.7. The number of allylic oxidation sites excluding steroid dienone is 4. The summed E-state index contributed by atoms with van der Waals surface area (Å²) in [4.78, 5) is 24.5. The Bertz CT molecular complexity index is 1040. The Morgan fingerprint density at radius 3 is 1.06 bits per heavy atom. The average molecular weight is 945 g/mol. The molecule has 6 heteroatoms. The largest absolute Gasteiger partial charge is 0.466 e. The molecule has 1 amide bonds. The van der Waals surface area contributed by atoms with Gasteiger partial charge in [0.2, 0.25) is 5.91 Å². The first-order chi connectivity index (χ1) is 33.0. The van der Waals surface area contributed by atoms with Crippen molar-refractivity contribution in [1.29, 1.82) is 0 Å². The van der Waals surface area contributed by atoms with Crippen LogP contribution in [-0.2, 0) is 14.3 Å². The van der Waals surface area contributed by atoms with Crippen molar-refractivity contribution < 1.29 is 24.5 Å². The highest BCUT2D eigenvalue weighted by Crippen LogP contribution is 2.17. The van der Waals surface area contributed by atoms with Crippen molar-refractivity contribution in [2.75, 3.05) is 13.2 Å². The zero-order valence-electron chi connectivity index (χ0n) is 45.1. The molecule has 0 fully saturated rings. The van der Waals surface area contributed by atoms with Crippen LogP contribution >= 0.6 is 0 Å². The summed E-state index contributed by atoms with van der Waals surface area (Å²) in [5.74, 6) is -0.0478. The van der Waals surface area contributed by atoms with Crippen molar-refractivity contribution in [1.82, 2.24) is 5.32 Å². The molecule has 0 saturated heterocycles. The highest BCUT2D eigenvalue weighted by molar-refractivity contribution is 5.76. The van der Waals surface area contributed by atoms with Crippen LogP contribution in [0.1, 0.15) is 328 Å². The second-order valence-electron chi connectivity index (χ2n) is 20.7. The van der Waals surface area contributed by atoms with Crippen molar-refractivity contribution in [2.45, 2.75) is 341 Å². The Balaban J connectivity index is 3.43. The third-order valence-electron chi connectivity index (χ3n) is 14.0. The van der Waals surface area contributed by atoms with E-state index in [1.165, 1.54) is 238 Å². The summed E-state index contributed by atoms with van der Waals surface area (Å²) >= 11 is 0. The van der Waals surface area contributed by atoms with Crippen LogP contribution in [0.2, 0.25) is 0 Å². The molecule has 0 aliphatic carbocycles. The maximum atomic E-state index is 12.5. The third-order valence-corrected chi connectivity index (χ3v) is 14.0. The lowest BCUT2D eigenvalue weighted by Crippen LogP contribution is -2.45. The first-order valence-electron chi connectivity index (χ1n) is 30.1. The third kappa shape index (κ3) is 53.5. The Labute approximate surface area is 418 Å². The van der Waals surface area contributed by atoms with E-state index in [1.807, 2.05) is 0 Å². The van der Waals surface area contributed by atoms with Crippen LogP contribution in [0.15, 0.2) is 24.3 Å². The summed E-state index contributed by atoms with van der Waals surface area (Å²) in [5.41, 5.74) is 0. The predicted molar refractivity (Wildman–Crippen MR) is 292 cm³/mol. The van der Waals surface area contributed by atoms with E-state index < -0.39 is 12.1 Å². The molecule has 0 spiro atoms. The molecule has 67 heavy (non-hydrogen) atoms. The first-order valence-corrected chi connectivity index (χ1v) is 30.1. The molecule has 2 atom stereocenters. The zero-order chi connectivity index (χ0) is 48.6. The number of aliphatic hydroxyl groups is 2. The number of carbonyl (C=O) groups excluding carboxylic acids is 2. The average Bonchev–Trinajstić information content (AvgIpc) is 3.33. The van der Waals surface area contributed by atoms with Crippen molar-refractivity contribution in [3.8, 4) is 0 Å². The maximum absolute atomic E-state index is 12.5. The number of amides is 1. The van der Waals surface area contributed by atoms with E-state index in [4.69, 9.17) is 4.74 Å². The molecule has 0 aromatic heterocycles. The van der Waals surface area contributed by atoms with Gasteiger partial charge in [0, 0.05) is 12.8 Å². The first kappa shape index (κ1) is 65.3. The Hall–Kier alpha value is -1.66. The van der Waals surface area contributed by atoms with Gasteiger partial charge in [-0.3, -0.25) is 9.59 Å². The van der Waals surface area contributed by atoms with Crippen LogP contribution in [0, 0.1) is 0 Å². The minimum Gasteiger partial charge on any atom is -0.466 e. The van der Waals surface area contributed by atoms with Gasteiger partial charge in [-0.05, 0) is 77.0 Å². The predicted octanol–water partition coefficient (Wildman–Crippen LogP) is 18.6. The number of carbonyl (C=O) groups is 2. The van der Waals surface area contributed by atoms with Crippen LogP contribution in [0.3, 0.4) is 0 Å². The van der Waals surface area contributed by atoms with Gasteiger partial charge in [-0.1, -0.05) is 263 Å². The van der Waals surface area contributed by atoms with Crippen LogP contribution in [-0.4, -0.2) is 47.4 Å². The second kappa shape index (κ2) is 56.9. The van der Waals surface area contributed by atoms with Gasteiger partial charge in [0.1, 0.15) is 0 Å². The van der Waals surface area contributed by atoms with Gasteiger partial charge in [0.25, 0.3) is 0 Å². The molecule has 0 aromatic rings. The van der Waals surface area contributed by atoms with Gasteiger partial charge < -0.3 is 20.3 Å². The summed E-state index contributed by atoms with van der Waals surface area (Å²) in [5, 5.41) is 23.3. The SMILES string of the molecule is CCCCCCCC/C=C\CCCCCCCCCC(=O)OCCCCCCCCCCC/C=C\CCCCCCCC(=O)NC(CO)C(O)CCCCCCCCCCCCCCCCC. The van der Waals surface area contributed by atoms with E-state index in [0.717, 1.165) is 57.8 Å². The quantitative estimate of drug-likeness (QED) is 0.0321. The molecule has 2 unspecified atom stereocenters. The molecule has 0 bridgehead atoms. The number of rotatable bonds is 56. The van der Waals surface area contributed by atoms with Crippen molar-refractivity contribution in [3.05, 3.63) is 24.3 Å². The van der Waals surface area contributed by atoms with Crippen molar-refractivity contribution in [3.63, 3.8) is 0 Å². The standard InChI is InChI=1S/C61H117NO5/c1-3-5-7-9-11-13-15-17-19-22-27-31-35-39-43-47-51-55-61(66)67-56-52-48-44-40-36-32-28-24-21-20-23-26-30-34-38-42-46-50-54-60(65)62-58(57-63)59(64)53-49-45-41-37-33-29-25-18-16-14-12-10-8-6-4-2/h17,19,23,26,58-59,63-64H,3-16,18,20-22,24-25,27-57H2,1-2H3,(H,62,65)/b19-17-,26-23-. The number of nitrogens with one attached hydrogen (secondary N) is 1. The van der Waals surface area contributed by atoms with E-state index in [1.54, 1.807) is 0 Å². The number of ether oxygens (including phenoxy) is 1. The molecule has 396 valence electrons. The van der Waals surface area contributed by atoms with Crippen molar-refractivity contribution in [2.24, 2.45) is 0 Å². The van der Waals surface area contributed by atoms with Crippen LogP contribution in [0.25, 0.3) is 0 Å². The summed E-state index contributed by atoms with van der Waals surface area (Å²) in [6.45, 7) is 4.95. The molecular formula is C61H117NO5. The van der Waals surface area contributed by atoms with E-state index in [9.17, 15) is 19.8 Å². The Morgan fingerprint density at radius 1 is 0.403 bits per heavy atom. The van der Waals surface area contributed by atoms with Crippen LogP contribution in [0.5, 0.6) is 0 Å². The number of unbranched alkanes of at least 4 members (excludes halogenated alkanes) is 41. The van der Waals surface area contributed by atoms with E-state index in [0.29, 0.717) is 25.9 Å². The molecule has 0 radical (unpaired) electrons. The monoisotopic (exact) mass is 944 g/mol. The van der Waals surface area contributed by atoms with Crippen LogP contribution < -0.4 is 5.32 Å². The fourth-order valence-electron chi connectivity index (χ4n) is 9.34. The van der Waals surface area contributed by atoms with Gasteiger partial charge in [-0.2, -0.15) is 0 Å². The van der Waals surface area contributed by atoms with Crippen LogP contribution in [0.4, 0.5) is 0 Å². The molecule has 3 N–H and O–H groups in total. The lowest BCUT2D eigenvalue weighted by Gasteiger charge is -2.22. The smallest absolute Gasteiger partial charge is 0.305 e. The zero-order valence-corrected chi connectivity index (χ0v) is 45.1. The highest BCUT2D eigenvalue weighted by Gasteiger charge is 2.20. The minimum atomic E-state index is -0.673. The Morgan fingerprint density at radius 2 is 0.701 bits per heavy atom. The minimum absolute atomic E-state index is 0.0000144. The van der Waals surface area contributed by atoms with Gasteiger partial charge in [0.05, 0.1) is 25.4 Å². The van der Waals surface area contributed by atoms with Gasteiger partial charge in [-0.25, -0.2) is 0 Å². The highest BCUT2D eigenvalue weighted by atomic mass is 16.5. The molecule has 6 nitrogen and oxygen atoms in total. The molecule has 0 rings (SSSR count). The van der Waals surface area contributed by atoms with Gasteiger partial charge >= 0.3 is 5.97 Å². The molecule has 0 heterocycles. The Kier molecular flexibility index (Phi) is 55.5. The number of esters is 1. The summed E-state index contributed by atoms with van der Waals surface area (Å²) < 4.78 is 5.48. The van der Waals surface area contributed by atoms with Crippen molar-refractivity contribution >= 4 is 11.9 Å². The topological polar surface area (TPSA) is 95.9 Å². The lowest BCUT2D eigenvalue weighted by atomic mass is 10.0. The summed E-state index contributed by atoms with van der Waals surface area (Å²) in [6.07, 6.45) is 68.9. The lowest BCUT2D eigenvalue weighted by molar-refractivity contribution is -0.143. The molecule has 0 aliphatic rings. The molecular weight excluding hydrogens is 827 g/mol. The number of aliphatic hydroxyl groups excluding tert-OH is 2. The van der Waals surface area contributed by atoms with Gasteiger partial charge in [0.15, 0.2) is 0 Å². The van der Waals surface area contributed by atoms with E-state index in [-0.39, 0.29) is 18.5 Å². The summed E-state index contributed by atoms with van der Waals surface area (Å²) in [6, 6.07) is -0.551. The summed E-state index contributed by atoms with van der Waals surface area (Å²) in [7, 11) is 0. The fourth-order valence-corrected chi connectivity index (χ4v) is 9.34.